The second-order valence-corrected chi connectivity index (χ2v) is 4.26. The topological polar surface area (TPSA) is 30.5 Å². The highest BCUT2D eigenvalue weighted by Gasteiger charge is 2.25. The normalized spacial score (nSPS) is 14.3. The summed E-state index contributed by atoms with van der Waals surface area (Å²) in [5, 5.41) is 4.32. The third-order valence-corrected chi connectivity index (χ3v) is 2.80. The average molecular weight is 256 g/mol. The van der Waals surface area contributed by atoms with Gasteiger partial charge in [-0.25, -0.2) is 0 Å². The zero-order valence-corrected chi connectivity index (χ0v) is 10.4. The van der Waals surface area contributed by atoms with E-state index in [9.17, 15) is 0 Å². The Morgan fingerprint density at radius 2 is 1.06 bits per heavy atom. The van der Waals surface area contributed by atoms with Gasteiger partial charge in [-0.05, 0) is 36.5 Å². The molecule has 0 saturated carbocycles. The molecule has 3 rings (SSSR count). The van der Waals surface area contributed by atoms with Crippen LogP contribution in [0.2, 0.25) is 0 Å². The summed E-state index contributed by atoms with van der Waals surface area (Å²) in [7, 11) is 0. The van der Waals surface area contributed by atoms with Crippen LogP contribution in [0.1, 0.15) is 0 Å². The van der Waals surface area contributed by atoms with Gasteiger partial charge < -0.3 is 0 Å². The highest BCUT2D eigenvalue weighted by atomic mass is 32.1. The number of hydrazine groups is 3. The molecule has 2 N–H and O–H groups in total. The smallest absolute Gasteiger partial charge is 0.207 e. The number of rotatable bonds is 2. The van der Waals surface area contributed by atoms with Crippen LogP contribution < -0.4 is 21.1 Å². The van der Waals surface area contributed by atoms with Crippen LogP contribution in [0.15, 0.2) is 60.7 Å². The molecule has 2 aromatic carbocycles. The minimum atomic E-state index is 0.572. The van der Waals surface area contributed by atoms with Crippen molar-refractivity contribution in [2.75, 3.05) is 10.2 Å². The van der Waals surface area contributed by atoms with Crippen molar-refractivity contribution in [3.8, 4) is 0 Å². The lowest BCUT2D eigenvalue weighted by atomic mass is 10.3. The molecule has 2 aromatic rings. The molecule has 1 fully saturated rings. The summed E-state index contributed by atoms with van der Waals surface area (Å²) in [5.74, 6) is 0. The van der Waals surface area contributed by atoms with Crippen LogP contribution >= 0.6 is 12.2 Å². The van der Waals surface area contributed by atoms with Gasteiger partial charge in [0.05, 0.1) is 11.4 Å². The predicted molar refractivity (Wildman–Crippen MR) is 76.7 cm³/mol. The standard InChI is InChI=1S/C13H12N4S/c18-13-14-16(11-7-3-1-4-8-11)17(15-13)12-9-5-2-6-10-12/h1-10H,(H2,14,15,18). The van der Waals surface area contributed by atoms with Crippen LogP contribution in [0.5, 0.6) is 0 Å². The first-order valence-electron chi connectivity index (χ1n) is 5.62. The van der Waals surface area contributed by atoms with Gasteiger partial charge in [-0.15, -0.1) is 0 Å². The van der Waals surface area contributed by atoms with Crippen LogP contribution in [-0.2, 0) is 0 Å². The van der Waals surface area contributed by atoms with Crippen molar-refractivity contribution in [3.63, 3.8) is 0 Å². The minimum Gasteiger partial charge on any atom is -0.252 e. The second-order valence-electron chi connectivity index (χ2n) is 3.85. The molecule has 0 unspecified atom stereocenters. The summed E-state index contributed by atoms with van der Waals surface area (Å²) in [5.41, 5.74) is 8.21. The van der Waals surface area contributed by atoms with Gasteiger partial charge in [-0.2, -0.15) is 10.2 Å². The van der Waals surface area contributed by atoms with E-state index < -0.39 is 0 Å². The predicted octanol–water partition coefficient (Wildman–Crippen LogP) is 2.22. The first-order chi connectivity index (χ1) is 8.84. The fraction of sp³-hybridized carbons (Fsp3) is 0. The van der Waals surface area contributed by atoms with Crippen molar-refractivity contribution in [2.45, 2.75) is 0 Å². The largest absolute Gasteiger partial charge is 0.252 e. The Labute approximate surface area is 111 Å². The van der Waals surface area contributed by atoms with Gasteiger partial charge in [-0.3, -0.25) is 10.9 Å². The van der Waals surface area contributed by atoms with Crippen LogP contribution in [0.3, 0.4) is 0 Å². The summed E-state index contributed by atoms with van der Waals surface area (Å²) >= 11 is 5.17. The molecule has 1 saturated heterocycles. The maximum Gasteiger partial charge on any atom is 0.207 e. The van der Waals surface area contributed by atoms with E-state index >= 15 is 0 Å². The number of thiocarbonyl (C=S) groups is 1. The Balaban J connectivity index is 1.96. The van der Waals surface area contributed by atoms with Gasteiger partial charge >= 0.3 is 0 Å². The van der Waals surface area contributed by atoms with Crippen LogP contribution in [-0.4, -0.2) is 5.11 Å². The van der Waals surface area contributed by atoms with Gasteiger partial charge in [0.1, 0.15) is 0 Å². The zero-order chi connectivity index (χ0) is 12.4. The van der Waals surface area contributed by atoms with Crippen LogP contribution in [0, 0.1) is 0 Å². The van der Waals surface area contributed by atoms with E-state index in [1.165, 1.54) is 0 Å². The van der Waals surface area contributed by atoms with Gasteiger partial charge in [0.2, 0.25) is 5.11 Å². The number of para-hydroxylation sites is 2. The molecule has 0 amide bonds. The van der Waals surface area contributed by atoms with E-state index in [-0.39, 0.29) is 0 Å². The fourth-order valence-corrected chi connectivity index (χ4v) is 1.99. The van der Waals surface area contributed by atoms with Gasteiger partial charge in [0, 0.05) is 0 Å². The van der Waals surface area contributed by atoms with E-state index in [0.29, 0.717) is 5.11 Å². The summed E-state index contributed by atoms with van der Waals surface area (Å²) in [6.45, 7) is 0. The lowest BCUT2D eigenvalue weighted by molar-refractivity contribution is 0.751. The maximum atomic E-state index is 5.17. The zero-order valence-electron chi connectivity index (χ0n) is 9.58. The van der Waals surface area contributed by atoms with Crippen molar-refractivity contribution in [2.24, 2.45) is 0 Å². The van der Waals surface area contributed by atoms with Crippen LogP contribution in [0.25, 0.3) is 0 Å². The Bertz CT molecular complexity index is 494. The molecule has 0 aliphatic carbocycles. The Morgan fingerprint density at radius 3 is 1.44 bits per heavy atom. The number of anilines is 2. The molecular weight excluding hydrogens is 244 g/mol. The van der Waals surface area contributed by atoms with Gasteiger partial charge in [-0.1, -0.05) is 36.4 Å². The maximum absolute atomic E-state index is 5.17. The molecular formula is C13H12N4S. The Morgan fingerprint density at radius 1 is 0.667 bits per heavy atom. The molecule has 1 heterocycles. The SMILES string of the molecule is S=C1NN(c2ccccc2)N(c2ccccc2)N1. The lowest BCUT2D eigenvalue weighted by Crippen LogP contribution is -2.45. The van der Waals surface area contributed by atoms with Gasteiger partial charge in [0.15, 0.2) is 0 Å². The first-order valence-corrected chi connectivity index (χ1v) is 6.03. The quantitative estimate of drug-likeness (QED) is 0.805. The summed E-state index contributed by atoms with van der Waals surface area (Å²) < 4.78 is 0. The third kappa shape index (κ3) is 1.96. The Kier molecular flexibility index (Phi) is 2.74. The minimum absolute atomic E-state index is 0.572. The average Bonchev–Trinajstić information content (AvgIpc) is 2.83. The van der Waals surface area contributed by atoms with E-state index in [2.05, 4.69) is 10.9 Å². The molecule has 0 atom stereocenters. The van der Waals surface area contributed by atoms with Crippen molar-refractivity contribution < 1.29 is 0 Å². The molecule has 1 aliphatic heterocycles. The van der Waals surface area contributed by atoms with Crippen molar-refractivity contribution in [3.05, 3.63) is 60.7 Å². The third-order valence-electron chi connectivity index (χ3n) is 2.62. The fourth-order valence-electron chi connectivity index (χ4n) is 1.82. The first kappa shape index (κ1) is 10.9. The van der Waals surface area contributed by atoms with Crippen molar-refractivity contribution in [1.29, 1.82) is 0 Å². The van der Waals surface area contributed by atoms with E-state index in [1.807, 2.05) is 70.9 Å². The summed E-state index contributed by atoms with van der Waals surface area (Å²) in [4.78, 5) is 0. The monoisotopic (exact) mass is 256 g/mol. The van der Waals surface area contributed by atoms with E-state index in [4.69, 9.17) is 12.2 Å². The lowest BCUT2D eigenvalue weighted by Gasteiger charge is -2.28. The Hall–Kier alpha value is -2.27. The number of nitrogens with one attached hydrogen (secondary N) is 2. The molecule has 90 valence electrons. The van der Waals surface area contributed by atoms with Crippen molar-refractivity contribution in [1.82, 2.24) is 10.9 Å². The molecule has 4 nitrogen and oxygen atoms in total. The number of nitrogens with zero attached hydrogens (tertiary/aromatic N) is 2. The molecule has 5 heteroatoms. The molecule has 1 aliphatic rings. The van der Waals surface area contributed by atoms with E-state index in [0.717, 1.165) is 11.4 Å². The number of hydrogen-bond acceptors (Lipinski definition) is 3. The second kappa shape index (κ2) is 4.54. The molecule has 18 heavy (non-hydrogen) atoms. The molecule has 0 aromatic heterocycles. The van der Waals surface area contributed by atoms with E-state index in [1.54, 1.807) is 0 Å². The molecule has 0 spiro atoms. The molecule has 0 bridgehead atoms. The number of benzene rings is 2. The number of hydrogen-bond donors (Lipinski definition) is 2. The molecule has 0 radical (unpaired) electrons. The van der Waals surface area contributed by atoms with Crippen LogP contribution in [0.4, 0.5) is 11.4 Å². The highest BCUT2D eigenvalue weighted by Crippen LogP contribution is 2.21. The summed E-state index contributed by atoms with van der Waals surface area (Å²) in [6, 6.07) is 20.0. The van der Waals surface area contributed by atoms with Crippen molar-refractivity contribution >= 4 is 28.7 Å². The summed E-state index contributed by atoms with van der Waals surface area (Å²) in [6.07, 6.45) is 0. The van der Waals surface area contributed by atoms with Gasteiger partial charge in [0.25, 0.3) is 0 Å². The highest BCUT2D eigenvalue weighted by molar-refractivity contribution is 7.80.